The molecule has 1 aliphatic rings. The van der Waals surface area contributed by atoms with Crippen LogP contribution in [0.25, 0.3) is 0 Å². The fourth-order valence-electron chi connectivity index (χ4n) is 2.79. The molecule has 1 fully saturated rings. The highest BCUT2D eigenvalue weighted by Gasteiger charge is 2.39. The van der Waals surface area contributed by atoms with Gasteiger partial charge in [-0.2, -0.15) is 0 Å². The first kappa shape index (κ1) is 15.4. The molecule has 1 aliphatic heterocycles. The van der Waals surface area contributed by atoms with Crippen LogP contribution in [-0.4, -0.2) is 54.6 Å². The topological polar surface area (TPSA) is 35.6 Å². The van der Waals surface area contributed by atoms with Gasteiger partial charge in [-0.1, -0.05) is 26.7 Å². The van der Waals surface area contributed by atoms with Crippen molar-refractivity contribution in [3.63, 3.8) is 0 Å². The minimum atomic E-state index is 0.0412. The Kier molecular flexibility index (Phi) is 6.09. The summed E-state index contributed by atoms with van der Waals surface area (Å²) in [6, 6.07) is 0.316. The number of carbonyl (C=O) groups excluding carboxylic acids is 1. The first-order valence-corrected chi connectivity index (χ1v) is 7.24. The molecule has 0 aromatic rings. The molecule has 0 saturated carbocycles. The molecule has 0 spiro atoms. The number of hydrogen-bond acceptors (Lipinski definition) is 3. The van der Waals surface area contributed by atoms with Crippen LogP contribution >= 0.6 is 0 Å². The van der Waals surface area contributed by atoms with E-state index in [4.69, 9.17) is 0 Å². The van der Waals surface area contributed by atoms with Gasteiger partial charge >= 0.3 is 0 Å². The zero-order valence-electron chi connectivity index (χ0n) is 12.6. The van der Waals surface area contributed by atoms with E-state index in [9.17, 15) is 4.79 Å². The van der Waals surface area contributed by atoms with Crippen LogP contribution in [0.3, 0.4) is 0 Å². The summed E-state index contributed by atoms with van der Waals surface area (Å²) in [6.45, 7) is 7.38. The number of amides is 1. The molecule has 0 aromatic heterocycles. The van der Waals surface area contributed by atoms with Crippen LogP contribution in [-0.2, 0) is 4.79 Å². The molecule has 1 heterocycles. The van der Waals surface area contributed by atoms with Gasteiger partial charge < -0.3 is 9.80 Å². The van der Waals surface area contributed by atoms with Crippen molar-refractivity contribution in [1.29, 1.82) is 0 Å². The average Bonchev–Trinajstić information content (AvgIpc) is 2.62. The lowest BCUT2D eigenvalue weighted by molar-refractivity contribution is -0.132. The summed E-state index contributed by atoms with van der Waals surface area (Å²) >= 11 is 0. The van der Waals surface area contributed by atoms with Gasteiger partial charge in [-0.15, -0.1) is 0 Å². The van der Waals surface area contributed by atoms with Gasteiger partial charge in [0.25, 0.3) is 0 Å². The van der Waals surface area contributed by atoms with Crippen molar-refractivity contribution in [3.05, 3.63) is 0 Å². The third kappa shape index (κ3) is 3.69. The first-order valence-electron chi connectivity index (χ1n) is 7.24. The zero-order valence-corrected chi connectivity index (χ0v) is 12.6. The molecule has 1 amide bonds. The van der Waals surface area contributed by atoms with Crippen molar-refractivity contribution >= 4 is 5.91 Å². The predicted molar refractivity (Wildman–Crippen MR) is 75.4 cm³/mol. The number of hydrogen-bond donors (Lipinski definition) is 1. The van der Waals surface area contributed by atoms with E-state index in [1.807, 2.05) is 0 Å². The smallest absolute Gasteiger partial charge is 0.241 e. The largest absolute Gasteiger partial charge is 0.322 e. The Morgan fingerprint density at radius 1 is 1.39 bits per heavy atom. The molecule has 0 aliphatic carbocycles. The lowest BCUT2D eigenvalue weighted by atomic mass is 10.1. The van der Waals surface area contributed by atoms with Crippen molar-refractivity contribution in [1.82, 2.24) is 15.1 Å². The van der Waals surface area contributed by atoms with Gasteiger partial charge in [0.05, 0.1) is 12.2 Å². The second-order valence-electron chi connectivity index (χ2n) is 5.64. The third-order valence-corrected chi connectivity index (χ3v) is 3.62. The van der Waals surface area contributed by atoms with E-state index in [0.717, 1.165) is 32.2 Å². The molecule has 4 nitrogen and oxygen atoms in total. The normalized spacial score (nSPS) is 26.1. The van der Waals surface area contributed by atoms with E-state index in [0.29, 0.717) is 5.91 Å². The Morgan fingerprint density at radius 3 is 2.56 bits per heavy atom. The second-order valence-corrected chi connectivity index (χ2v) is 5.64. The molecule has 1 saturated heterocycles. The average molecular weight is 255 g/mol. The number of rotatable bonds is 7. The molecule has 1 rings (SSSR count). The van der Waals surface area contributed by atoms with Gasteiger partial charge in [0.1, 0.15) is 0 Å². The summed E-state index contributed by atoms with van der Waals surface area (Å²) in [5.41, 5.74) is 0. The first-order chi connectivity index (χ1) is 8.51. The Labute approximate surface area is 112 Å². The van der Waals surface area contributed by atoms with E-state index in [-0.39, 0.29) is 18.2 Å². The number of likely N-dealkylation sites (N-methyl/N-ethyl adjacent to an activating group) is 1. The molecule has 18 heavy (non-hydrogen) atoms. The van der Waals surface area contributed by atoms with Crippen LogP contribution < -0.4 is 5.32 Å². The SMILES string of the molecule is CCCCC1NC(CC)N(C(C)CN(C)C)C1=O. The minimum absolute atomic E-state index is 0.0412. The van der Waals surface area contributed by atoms with Crippen LogP contribution in [0.4, 0.5) is 0 Å². The lowest BCUT2D eigenvalue weighted by Gasteiger charge is -2.31. The molecule has 1 N–H and O–H groups in total. The number of unbranched alkanes of at least 4 members (excludes halogenated alkanes) is 1. The summed E-state index contributed by atoms with van der Waals surface area (Å²) in [4.78, 5) is 16.6. The van der Waals surface area contributed by atoms with Crippen molar-refractivity contribution in [3.8, 4) is 0 Å². The Bertz CT molecular complexity index is 268. The fraction of sp³-hybridized carbons (Fsp3) is 0.929. The molecule has 4 heteroatoms. The standard InChI is InChI=1S/C14H29N3O/c1-6-8-9-12-14(18)17(13(7-2)15-12)11(3)10-16(4)5/h11-13,15H,6-10H2,1-5H3. The highest BCUT2D eigenvalue weighted by atomic mass is 16.2. The van der Waals surface area contributed by atoms with E-state index in [1.165, 1.54) is 0 Å². The van der Waals surface area contributed by atoms with Gasteiger partial charge in [0.2, 0.25) is 5.91 Å². The van der Waals surface area contributed by atoms with Crippen LogP contribution in [0.1, 0.15) is 46.5 Å². The van der Waals surface area contributed by atoms with Gasteiger partial charge in [0.15, 0.2) is 0 Å². The van der Waals surface area contributed by atoms with Crippen molar-refractivity contribution in [2.45, 2.75) is 64.7 Å². The molecule has 3 unspecified atom stereocenters. The molecular weight excluding hydrogens is 226 g/mol. The number of carbonyl (C=O) groups is 1. The maximum atomic E-state index is 12.4. The summed E-state index contributed by atoms with van der Waals surface area (Å²) in [7, 11) is 4.11. The second kappa shape index (κ2) is 7.10. The molecule has 0 radical (unpaired) electrons. The summed E-state index contributed by atoms with van der Waals surface area (Å²) in [5.74, 6) is 0.296. The van der Waals surface area contributed by atoms with E-state index >= 15 is 0 Å². The van der Waals surface area contributed by atoms with E-state index in [2.05, 4.69) is 50.0 Å². The fourth-order valence-corrected chi connectivity index (χ4v) is 2.79. The number of nitrogens with zero attached hydrogens (tertiary/aromatic N) is 2. The Balaban J connectivity index is 2.66. The van der Waals surface area contributed by atoms with Crippen molar-refractivity contribution in [2.75, 3.05) is 20.6 Å². The third-order valence-electron chi connectivity index (χ3n) is 3.62. The van der Waals surface area contributed by atoms with Gasteiger partial charge in [-0.05, 0) is 33.9 Å². The van der Waals surface area contributed by atoms with Crippen LogP contribution in [0, 0.1) is 0 Å². The highest BCUT2D eigenvalue weighted by Crippen LogP contribution is 2.20. The van der Waals surface area contributed by atoms with Gasteiger partial charge in [-0.25, -0.2) is 0 Å². The summed E-state index contributed by atoms with van der Waals surface area (Å²) in [6.07, 6.45) is 4.43. The molecule has 3 atom stereocenters. The van der Waals surface area contributed by atoms with Gasteiger partial charge in [0, 0.05) is 12.6 Å². The molecular formula is C14H29N3O. The Morgan fingerprint density at radius 2 is 2.06 bits per heavy atom. The zero-order chi connectivity index (χ0) is 13.7. The maximum absolute atomic E-state index is 12.4. The monoisotopic (exact) mass is 255 g/mol. The molecule has 0 aromatic carbocycles. The predicted octanol–water partition coefficient (Wildman–Crippen LogP) is 1.66. The number of nitrogens with one attached hydrogen (secondary N) is 1. The van der Waals surface area contributed by atoms with Crippen LogP contribution in [0.2, 0.25) is 0 Å². The van der Waals surface area contributed by atoms with Crippen LogP contribution in [0.15, 0.2) is 0 Å². The quantitative estimate of drug-likeness (QED) is 0.751. The van der Waals surface area contributed by atoms with Crippen molar-refractivity contribution < 1.29 is 4.79 Å². The van der Waals surface area contributed by atoms with Crippen LogP contribution in [0.5, 0.6) is 0 Å². The van der Waals surface area contributed by atoms with Gasteiger partial charge in [-0.3, -0.25) is 10.1 Å². The minimum Gasteiger partial charge on any atom is -0.322 e. The summed E-state index contributed by atoms with van der Waals surface area (Å²) < 4.78 is 0. The Hall–Kier alpha value is -0.610. The summed E-state index contributed by atoms with van der Waals surface area (Å²) in [5, 5.41) is 3.49. The van der Waals surface area contributed by atoms with E-state index in [1.54, 1.807) is 0 Å². The van der Waals surface area contributed by atoms with E-state index < -0.39 is 0 Å². The molecule has 106 valence electrons. The molecule has 0 bridgehead atoms. The maximum Gasteiger partial charge on any atom is 0.241 e. The van der Waals surface area contributed by atoms with Crippen molar-refractivity contribution in [2.24, 2.45) is 0 Å². The lowest BCUT2D eigenvalue weighted by Crippen LogP contribution is -2.47. The highest BCUT2D eigenvalue weighted by molar-refractivity contribution is 5.84.